The summed E-state index contributed by atoms with van der Waals surface area (Å²) in [7, 11) is 0. The quantitative estimate of drug-likeness (QED) is 0.591. The zero-order valence-electron chi connectivity index (χ0n) is 13.7. The van der Waals surface area contributed by atoms with Crippen molar-refractivity contribution >= 4 is 5.69 Å². The van der Waals surface area contributed by atoms with Gasteiger partial charge in [-0.2, -0.15) is 0 Å². The first kappa shape index (κ1) is 16.4. The van der Waals surface area contributed by atoms with Gasteiger partial charge in [-0.1, -0.05) is 82.8 Å². The molecule has 1 aromatic rings. The lowest BCUT2D eigenvalue weighted by Gasteiger charge is -2.18. The average molecular weight is 287 g/mol. The predicted molar refractivity (Wildman–Crippen MR) is 93.6 cm³/mol. The topological polar surface area (TPSA) is 26.0 Å². The second-order valence-electron chi connectivity index (χ2n) is 6.83. The van der Waals surface area contributed by atoms with Crippen LogP contribution in [0.1, 0.15) is 95.0 Å². The smallest absolute Gasteiger partial charge is 0.0314 e. The SMILES string of the molecule is Nc1ccc(C2CCCCCCCCCCCCC2)cc1. The molecule has 0 saturated heterocycles. The van der Waals surface area contributed by atoms with Crippen LogP contribution >= 0.6 is 0 Å². The second kappa shape index (κ2) is 9.87. The van der Waals surface area contributed by atoms with Gasteiger partial charge in [0.2, 0.25) is 0 Å². The van der Waals surface area contributed by atoms with Gasteiger partial charge in [0.15, 0.2) is 0 Å². The monoisotopic (exact) mass is 287 g/mol. The van der Waals surface area contributed by atoms with Gasteiger partial charge >= 0.3 is 0 Å². The third-order valence-electron chi connectivity index (χ3n) is 5.01. The van der Waals surface area contributed by atoms with Gasteiger partial charge in [0, 0.05) is 5.69 Å². The highest BCUT2D eigenvalue weighted by Gasteiger charge is 2.11. The Morgan fingerprint density at radius 3 is 1.38 bits per heavy atom. The molecule has 1 fully saturated rings. The fourth-order valence-corrected chi connectivity index (χ4v) is 3.62. The Kier molecular flexibility index (Phi) is 7.70. The number of benzene rings is 1. The zero-order chi connectivity index (χ0) is 14.8. The van der Waals surface area contributed by atoms with E-state index in [4.69, 9.17) is 5.73 Å². The van der Waals surface area contributed by atoms with Gasteiger partial charge in [0.1, 0.15) is 0 Å². The van der Waals surface area contributed by atoms with Crippen molar-refractivity contribution < 1.29 is 0 Å². The van der Waals surface area contributed by atoms with E-state index < -0.39 is 0 Å². The Morgan fingerprint density at radius 1 is 0.571 bits per heavy atom. The van der Waals surface area contributed by atoms with Crippen LogP contribution in [0.15, 0.2) is 24.3 Å². The van der Waals surface area contributed by atoms with Gasteiger partial charge in [-0.3, -0.25) is 0 Å². The van der Waals surface area contributed by atoms with Crippen LogP contribution < -0.4 is 5.73 Å². The maximum atomic E-state index is 5.83. The summed E-state index contributed by atoms with van der Waals surface area (Å²) in [4.78, 5) is 0. The van der Waals surface area contributed by atoms with Crippen LogP contribution in [0.5, 0.6) is 0 Å². The van der Waals surface area contributed by atoms with E-state index in [9.17, 15) is 0 Å². The van der Waals surface area contributed by atoms with Gasteiger partial charge in [-0.25, -0.2) is 0 Å². The lowest BCUT2D eigenvalue weighted by Crippen LogP contribution is -2.00. The predicted octanol–water partition coefficient (Wildman–Crippen LogP) is 6.44. The lowest BCUT2D eigenvalue weighted by molar-refractivity contribution is 0.470. The summed E-state index contributed by atoms with van der Waals surface area (Å²) in [6.07, 6.45) is 18.5. The Balaban J connectivity index is 1.88. The van der Waals surface area contributed by atoms with Crippen LogP contribution in [0, 0.1) is 0 Å². The first-order valence-electron chi connectivity index (χ1n) is 9.22. The lowest BCUT2D eigenvalue weighted by atomic mass is 9.87. The van der Waals surface area contributed by atoms with Gasteiger partial charge in [0.25, 0.3) is 0 Å². The summed E-state index contributed by atoms with van der Waals surface area (Å²) < 4.78 is 0. The number of nitrogens with two attached hydrogens (primary N) is 1. The number of nitrogen functional groups attached to an aromatic ring is 1. The molecule has 0 amide bonds. The molecular weight excluding hydrogens is 254 g/mol. The highest BCUT2D eigenvalue weighted by molar-refractivity contribution is 5.40. The highest BCUT2D eigenvalue weighted by atomic mass is 14.5. The zero-order valence-corrected chi connectivity index (χ0v) is 13.7. The molecule has 0 spiro atoms. The second-order valence-corrected chi connectivity index (χ2v) is 6.83. The molecule has 0 heterocycles. The van der Waals surface area contributed by atoms with Crippen LogP contribution in [0.4, 0.5) is 5.69 Å². The van der Waals surface area contributed by atoms with Gasteiger partial charge in [-0.05, 0) is 36.5 Å². The highest BCUT2D eigenvalue weighted by Crippen LogP contribution is 2.29. The molecule has 1 heteroatoms. The molecule has 1 aromatic carbocycles. The van der Waals surface area contributed by atoms with Crippen molar-refractivity contribution in [1.29, 1.82) is 0 Å². The van der Waals surface area contributed by atoms with E-state index in [0.717, 1.165) is 11.6 Å². The van der Waals surface area contributed by atoms with E-state index in [1.165, 1.54) is 89.0 Å². The Labute approximate surface area is 131 Å². The molecule has 118 valence electrons. The minimum absolute atomic E-state index is 0.758. The van der Waals surface area contributed by atoms with Crippen LogP contribution in [0.3, 0.4) is 0 Å². The molecule has 2 N–H and O–H groups in total. The maximum Gasteiger partial charge on any atom is 0.0314 e. The van der Waals surface area contributed by atoms with Gasteiger partial charge in [0.05, 0.1) is 0 Å². The summed E-state index contributed by atoms with van der Waals surface area (Å²) in [5.74, 6) is 0.758. The van der Waals surface area contributed by atoms with E-state index >= 15 is 0 Å². The average Bonchev–Trinajstić information content (AvgIpc) is 2.50. The van der Waals surface area contributed by atoms with Crippen molar-refractivity contribution in [2.24, 2.45) is 0 Å². The molecule has 0 aromatic heterocycles. The first-order valence-corrected chi connectivity index (χ1v) is 9.22. The fraction of sp³-hybridized carbons (Fsp3) is 0.700. The minimum atomic E-state index is 0.758. The van der Waals surface area contributed by atoms with Crippen LogP contribution in [0.25, 0.3) is 0 Å². The standard InChI is InChI=1S/C20H33N/c21-20-16-14-19(15-17-20)18-12-10-8-6-4-2-1-3-5-7-9-11-13-18/h14-18H,1-13,21H2. The van der Waals surface area contributed by atoms with Crippen molar-refractivity contribution in [2.45, 2.75) is 89.4 Å². The Hall–Kier alpha value is -0.980. The minimum Gasteiger partial charge on any atom is -0.399 e. The molecule has 1 aliphatic carbocycles. The molecule has 0 bridgehead atoms. The maximum absolute atomic E-state index is 5.83. The van der Waals surface area contributed by atoms with Crippen molar-refractivity contribution in [2.75, 3.05) is 5.73 Å². The van der Waals surface area contributed by atoms with Crippen molar-refractivity contribution in [1.82, 2.24) is 0 Å². The van der Waals surface area contributed by atoms with Crippen LogP contribution in [-0.2, 0) is 0 Å². The summed E-state index contributed by atoms with van der Waals surface area (Å²) in [5, 5.41) is 0. The molecule has 0 unspecified atom stereocenters. The number of rotatable bonds is 1. The third kappa shape index (κ3) is 6.54. The van der Waals surface area contributed by atoms with E-state index in [2.05, 4.69) is 24.3 Å². The van der Waals surface area contributed by atoms with Gasteiger partial charge in [-0.15, -0.1) is 0 Å². The largest absolute Gasteiger partial charge is 0.399 e. The summed E-state index contributed by atoms with van der Waals surface area (Å²) in [6.45, 7) is 0. The van der Waals surface area contributed by atoms with Crippen molar-refractivity contribution in [3.63, 3.8) is 0 Å². The number of anilines is 1. The first-order chi connectivity index (χ1) is 10.4. The van der Waals surface area contributed by atoms with Crippen molar-refractivity contribution in [3.8, 4) is 0 Å². The van der Waals surface area contributed by atoms with E-state index in [1.54, 1.807) is 0 Å². The van der Waals surface area contributed by atoms with Gasteiger partial charge < -0.3 is 5.73 Å². The normalized spacial score (nSPS) is 20.8. The molecule has 2 rings (SSSR count). The fourth-order valence-electron chi connectivity index (χ4n) is 3.62. The summed E-state index contributed by atoms with van der Waals surface area (Å²) >= 11 is 0. The molecule has 1 nitrogen and oxygen atoms in total. The molecule has 0 atom stereocenters. The summed E-state index contributed by atoms with van der Waals surface area (Å²) in [5.41, 5.74) is 8.23. The van der Waals surface area contributed by atoms with E-state index in [-0.39, 0.29) is 0 Å². The van der Waals surface area contributed by atoms with Crippen LogP contribution in [0.2, 0.25) is 0 Å². The Bertz CT molecular complexity index is 354. The molecule has 1 aliphatic rings. The van der Waals surface area contributed by atoms with E-state index in [0.29, 0.717) is 0 Å². The molecule has 0 radical (unpaired) electrons. The van der Waals surface area contributed by atoms with E-state index in [1.807, 2.05) is 0 Å². The molecule has 0 aliphatic heterocycles. The van der Waals surface area contributed by atoms with Crippen molar-refractivity contribution in [3.05, 3.63) is 29.8 Å². The van der Waals surface area contributed by atoms with Crippen LogP contribution in [-0.4, -0.2) is 0 Å². The molecule has 21 heavy (non-hydrogen) atoms. The Morgan fingerprint density at radius 2 is 0.952 bits per heavy atom. The number of hydrogen-bond acceptors (Lipinski definition) is 1. The molecule has 1 saturated carbocycles. The number of hydrogen-bond donors (Lipinski definition) is 1. The summed E-state index contributed by atoms with van der Waals surface area (Å²) in [6, 6.07) is 8.65. The third-order valence-corrected chi connectivity index (χ3v) is 5.01. The molecular formula is C20H33N.